The van der Waals surface area contributed by atoms with Crippen LogP contribution < -0.4 is 4.72 Å². The van der Waals surface area contributed by atoms with Crippen molar-refractivity contribution in [3.63, 3.8) is 0 Å². The minimum absolute atomic E-state index is 0.0384. The highest BCUT2D eigenvalue weighted by molar-refractivity contribution is 7.88. The zero-order chi connectivity index (χ0) is 16.1. The molecule has 0 aliphatic carbocycles. The van der Waals surface area contributed by atoms with Crippen molar-refractivity contribution in [1.29, 1.82) is 0 Å². The Bertz CT molecular complexity index is 699. The molecule has 23 heavy (non-hydrogen) atoms. The van der Waals surface area contributed by atoms with Crippen LogP contribution in [0, 0.1) is 5.92 Å². The molecule has 0 radical (unpaired) electrons. The number of nitrogens with zero attached hydrogens (tertiary/aromatic N) is 1. The molecule has 5 nitrogen and oxygen atoms in total. The number of nitrogens with one attached hydrogen (secondary N) is 1. The van der Waals surface area contributed by atoms with Gasteiger partial charge in [0.15, 0.2) is 0 Å². The molecule has 2 aromatic rings. The Labute approximate surface area is 137 Å². The van der Waals surface area contributed by atoms with Crippen molar-refractivity contribution in [3.8, 4) is 0 Å². The number of rotatable bonds is 7. The van der Waals surface area contributed by atoms with E-state index in [4.69, 9.17) is 4.42 Å². The molecule has 124 valence electrons. The van der Waals surface area contributed by atoms with Gasteiger partial charge in [-0.05, 0) is 36.6 Å². The molecule has 2 heterocycles. The van der Waals surface area contributed by atoms with Gasteiger partial charge in [-0.25, -0.2) is 13.1 Å². The molecular weight excluding hydrogens is 312 g/mol. The first kappa shape index (κ1) is 16.2. The first-order valence-corrected chi connectivity index (χ1v) is 9.52. The van der Waals surface area contributed by atoms with Crippen LogP contribution in [-0.2, 0) is 22.3 Å². The largest absolute Gasteiger partial charge is 0.468 e. The molecule has 1 aliphatic rings. The summed E-state index contributed by atoms with van der Waals surface area (Å²) in [6.07, 6.45) is 2.69. The number of hydrogen-bond acceptors (Lipinski definition) is 4. The van der Waals surface area contributed by atoms with Gasteiger partial charge in [0.05, 0.1) is 18.6 Å². The van der Waals surface area contributed by atoms with Gasteiger partial charge in [0.25, 0.3) is 0 Å². The number of hydrogen-bond donors (Lipinski definition) is 1. The summed E-state index contributed by atoms with van der Waals surface area (Å²) in [6, 6.07) is 13.1. The van der Waals surface area contributed by atoms with Crippen molar-refractivity contribution in [3.05, 3.63) is 60.1 Å². The topological polar surface area (TPSA) is 62.6 Å². The highest BCUT2D eigenvalue weighted by atomic mass is 32.2. The molecule has 6 heteroatoms. The van der Waals surface area contributed by atoms with Gasteiger partial charge in [-0.2, -0.15) is 0 Å². The summed E-state index contributed by atoms with van der Waals surface area (Å²) in [7, 11) is -3.28. The van der Waals surface area contributed by atoms with Crippen LogP contribution in [0.15, 0.2) is 53.1 Å². The predicted molar refractivity (Wildman–Crippen MR) is 89.2 cm³/mol. The summed E-state index contributed by atoms with van der Waals surface area (Å²) < 4.78 is 32.4. The third kappa shape index (κ3) is 4.92. The SMILES string of the molecule is O=S(=O)(Cc1ccccc1)NCC1CCN(Cc2ccco2)C1. The average Bonchev–Trinajstić information content (AvgIpc) is 3.18. The Hall–Kier alpha value is -1.63. The lowest BCUT2D eigenvalue weighted by Crippen LogP contribution is -2.31. The van der Waals surface area contributed by atoms with E-state index in [1.807, 2.05) is 42.5 Å². The van der Waals surface area contributed by atoms with Gasteiger partial charge in [-0.3, -0.25) is 4.90 Å². The summed E-state index contributed by atoms with van der Waals surface area (Å²) in [5.41, 5.74) is 0.811. The standard InChI is InChI=1S/C17H22N2O3S/c20-23(21,14-15-5-2-1-3-6-15)18-11-16-8-9-19(12-16)13-17-7-4-10-22-17/h1-7,10,16,18H,8-9,11-14H2. The van der Waals surface area contributed by atoms with E-state index < -0.39 is 10.0 Å². The molecule has 1 N–H and O–H groups in total. The second kappa shape index (κ2) is 7.29. The molecule has 0 amide bonds. The average molecular weight is 334 g/mol. The molecule has 0 saturated carbocycles. The van der Waals surface area contributed by atoms with Gasteiger partial charge in [0, 0.05) is 13.1 Å². The Morgan fingerprint density at radius 2 is 2.00 bits per heavy atom. The molecule has 1 atom stereocenters. The summed E-state index contributed by atoms with van der Waals surface area (Å²) in [5.74, 6) is 1.35. The zero-order valence-corrected chi connectivity index (χ0v) is 13.8. The molecule has 1 saturated heterocycles. The Morgan fingerprint density at radius 1 is 1.17 bits per heavy atom. The van der Waals surface area contributed by atoms with E-state index in [1.54, 1.807) is 6.26 Å². The lowest BCUT2D eigenvalue weighted by molar-refractivity contribution is 0.286. The van der Waals surface area contributed by atoms with E-state index in [0.717, 1.165) is 37.4 Å². The predicted octanol–water partition coefficient (Wildman–Crippen LogP) is 2.22. The van der Waals surface area contributed by atoms with E-state index in [2.05, 4.69) is 9.62 Å². The van der Waals surface area contributed by atoms with Gasteiger partial charge < -0.3 is 4.42 Å². The highest BCUT2D eigenvalue weighted by Gasteiger charge is 2.24. The number of sulfonamides is 1. The maximum absolute atomic E-state index is 12.2. The molecule has 1 fully saturated rings. The Balaban J connectivity index is 1.45. The second-order valence-electron chi connectivity index (χ2n) is 6.06. The van der Waals surface area contributed by atoms with Crippen LogP contribution >= 0.6 is 0 Å². The molecule has 1 aromatic carbocycles. The van der Waals surface area contributed by atoms with E-state index >= 15 is 0 Å². The minimum Gasteiger partial charge on any atom is -0.468 e. The zero-order valence-electron chi connectivity index (χ0n) is 13.0. The second-order valence-corrected chi connectivity index (χ2v) is 7.87. The lowest BCUT2D eigenvalue weighted by Gasteiger charge is -2.15. The van der Waals surface area contributed by atoms with Crippen molar-refractivity contribution in [2.75, 3.05) is 19.6 Å². The summed E-state index contributed by atoms with van der Waals surface area (Å²) >= 11 is 0. The monoisotopic (exact) mass is 334 g/mol. The minimum atomic E-state index is -3.28. The van der Waals surface area contributed by atoms with Gasteiger partial charge in [-0.15, -0.1) is 0 Å². The number of benzene rings is 1. The molecule has 3 rings (SSSR count). The van der Waals surface area contributed by atoms with Gasteiger partial charge >= 0.3 is 0 Å². The first-order chi connectivity index (χ1) is 11.1. The van der Waals surface area contributed by atoms with E-state index in [1.165, 1.54) is 0 Å². The molecular formula is C17H22N2O3S. The quantitative estimate of drug-likeness (QED) is 0.843. The summed E-state index contributed by atoms with van der Waals surface area (Å²) in [6.45, 7) is 3.17. The number of likely N-dealkylation sites (tertiary alicyclic amines) is 1. The van der Waals surface area contributed by atoms with Crippen molar-refractivity contribution in [2.45, 2.75) is 18.7 Å². The van der Waals surface area contributed by atoms with Crippen molar-refractivity contribution < 1.29 is 12.8 Å². The Morgan fingerprint density at radius 3 is 2.74 bits per heavy atom. The third-order valence-corrected chi connectivity index (χ3v) is 5.44. The fraction of sp³-hybridized carbons (Fsp3) is 0.412. The molecule has 0 spiro atoms. The van der Waals surface area contributed by atoms with Crippen LogP contribution in [0.3, 0.4) is 0 Å². The van der Waals surface area contributed by atoms with Crippen LogP contribution in [0.1, 0.15) is 17.7 Å². The summed E-state index contributed by atoms with van der Waals surface area (Å²) in [5, 5.41) is 0. The first-order valence-electron chi connectivity index (χ1n) is 7.87. The fourth-order valence-electron chi connectivity index (χ4n) is 2.94. The van der Waals surface area contributed by atoms with Crippen LogP contribution in [0.2, 0.25) is 0 Å². The van der Waals surface area contributed by atoms with Crippen molar-refractivity contribution in [2.24, 2.45) is 5.92 Å². The third-order valence-electron chi connectivity index (χ3n) is 4.12. The van der Waals surface area contributed by atoms with Crippen molar-refractivity contribution in [1.82, 2.24) is 9.62 Å². The van der Waals surface area contributed by atoms with Crippen molar-refractivity contribution >= 4 is 10.0 Å². The van der Waals surface area contributed by atoms with Gasteiger partial charge in [0.2, 0.25) is 10.0 Å². The van der Waals surface area contributed by atoms with Gasteiger partial charge in [-0.1, -0.05) is 30.3 Å². The Kier molecular flexibility index (Phi) is 5.15. The smallest absolute Gasteiger partial charge is 0.215 e. The van der Waals surface area contributed by atoms with Crippen LogP contribution in [0.25, 0.3) is 0 Å². The van der Waals surface area contributed by atoms with E-state index in [-0.39, 0.29) is 5.75 Å². The van der Waals surface area contributed by atoms with E-state index in [0.29, 0.717) is 12.5 Å². The van der Waals surface area contributed by atoms with Crippen LogP contribution in [-0.4, -0.2) is 33.0 Å². The molecule has 1 aromatic heterocycles. The summed E-state index contributed by atoms with van der Waals surface area (Å²) in [4.78, 5) is 2.30. The van der Waals surface area contributed by atoms with E-state index in [9.17, 15) is 8.42 Å². The molecule has 0 bridgehead atoms. The van der Waals surface area contributed by atoms with Crippen LogP contribution in [0.5, 0.6) is 0 Å². The fourth-order valence-corrected chi connectivity index (χ4v) is 4.16. The van der Waals surface area contributed by atoms with Gasteiger partial charge in [0.1, 0.15) is 5.76 Å². The molecule has 1 aliphatic heterocycles. The normalized spacial score (nSPS) is 19.2. The maximum Gasteiger partial charge on any atom is 0.215 e. The highest BCUT2D eigenvalue weighted by Crippen LogP contribution is 2.18. The number of furan rings is 1. The maximum atomic E-state index is 12.2. The molecule has 1 unspecified atom stereocenters. The lowest BCUT2D eigenvalue weighted by atomic mass is 10.1. The van der Waals surface area contributed by atoms with Crippen LogP contribution in [0.4, 0.5) is 0 Å².